The van der Waals surface area contributed by atoms with E-state index < -0.39 is 0 Å². The number of aryl methyl sites for hydroxylation is 1. The van der Waals surface area contributed by atoms with Crippen LogP contribution in [0.1, 0.15) is 11.3 Å². The molecule has 0 aliphatic carbocycles. The molecule has 78 valence electrons. The maximum atomic E-state index is 4.04. The molecule has 0 atom stereocenters. The van der Waals surface area contributed by atoms with E-state index in [-0.39, 0.29) is 0 Å². The summed E-state index contributed by atoms with van der Waals surface area (Å²) in [6.45, 7) is 2.83. The second-order valence-corrected chi connectivity index (χ2v) is 4.15. The molecule has 2 aromatic rings. The lowest BCUT2D eigenvalue weighted by atomic mass is 10.2. The molecule has 0 fully saturated rings. The van der Waals surface area contributed by atoms with E-state index in [2.05, 4.69) is 32.3 Å². The molecule has 0 aliphatic heterocycles. The molecule has 2 rings (SSSR count). The van der Waals surface area contributed by atoms with Crippen LogP contribution >= 0.6 is 11.3 Å². The Morgan fingerprint density at radius 2 is 2.20 bits per heavy atom. The van der Waals surface area contributed by atoms with Crippen LogP contribution in [0, 0.1) is 6.92 Å². The van der Waals surface area contributed by atoms with Crippen molar-refractivity contribution in [1.29, 1.82) is 0 Å². The summed E-state index contributed by atoms with van der Waals surface area (Å²) < 4.78 is 0. The van der Waals surface area contributed by atoms with Crippen LogP contribution in [0.3, 0.4) is 0 Å². The summed E-state index contributed by atoms with van der Waals surface area (Å²) in [6.07, 6.45) is 1.03. The molecule has 2 heterocycles. The van der Waals surface area contributed by atoms with Crippen LogP contribution in [-0.4, -0.2) is 16.7 Å². The molecule has 0 amide bonds. The van der Waals surface area contributed by atoms with Crippen LogP contribution in [-0.2, 0) is 6.42 Å². The first-order valence-corrected chi connectivity index (χ1v) is 5.84. The Morgan fingerprint density at radius 3 is 2.87 bits per heavy atom. The molecule has 0 saturated heterocycles. The predicted molar refractivity (Wildman–Crippen MR) is 63.3 cm³/mol. The topological polar surface area (TPSA) is 37.8 Å². The summed E-state index contributed by atoms with van der Waals surface area (Å²) >= 11 is 1.73. The van der Waals surface area contributed by atoms with Gasteiger partial charge in [0.1, 0.15) is 5.82 Å². The van der Waals surface area contributed by atoms with Crippen molar-refractivity contribution in [2.24, 2.45) is 0 Å². The maximum Gasteiger partial charge on any atom is 0.148 e. The average Bonchev–Trinajstić information content (AvgIpc) is 2.74. The molecule has 0 unspecified atom stereocenters. The van der Waals surface area contributed by atoms with Gasteiger partial charge in [0.05, 0.1) is 5.69 Å². The van der Waals surface area contributed by atoms with E-state index in [1.54, 1.807) is 11.3 Å². The van der Waals surface area contributed by atoms with E-state index in [0.29, 0.717) is 0 Å². The fraction of sp³-hybridized carbons (Fsp3) is 0.273. The highest BCUT2D eigenvalue weighted by atomic mass is 32.1. The lowest BCUT2D eigenvalue weighted by molar-refractivity contribution is 0.946. The minimum absolute atomic E-state index is 0.843. The molecule has 0 aromatic carbocycles. The molecule has 15 heavy (non-hydrogen) atoms. The molecule has 0 aliphatic rings. The van der Waals surface area contributed by atoms with Crippen molar-refractivity contribution in [2.75, 3.05) is 11.9 Å². The van der Waals surface area contributed by atoms with Gasteiger partial charge in [-0.3, -0.25) is 0 Å². The molecular weight excluding hydrogens is 206 g/mol. The number of thiophene rings is 1. The van der Waals surface area contributed by atoms with Gasteiger partial charge in [-0.2, -0.15) is 16.4 Å². The SMILES string of the molecule is Cc1ccc(NCCc2ccsc2)nn1. The first-order valence-electron chi connectivity index (χ1n) is 4.90. The van der Waals surface area contributed by atoms with Gasteiger partial charge in [-0.15, -0.1) is 5.10 Å². The van der Waals surface area contributed by atoms with Crippen molar-refractivity contribution >= 4 is 17.2 Å². The third-order valence-corrected chi connectivity index (χ3v) is 2.83. The fourth-order valence-corrected chi connectivity index (χ4v) is 1.97. The second kappa shape index (κ2) is 4.89. The van der Waals surface area contributed by atoms with Gasteiger partial charge >= 0.3 is 0 Å². The lowest BCUT2D eigenvalue weighted by Crippen LogP contribution is -2.06. The first-order chi connectivity index (χ1) is 7.34. The number of hydrogen-bond donors (Lipinski definition) is 1. The monoisotopic (exact) mass is 219 g/mol. The largest absolute Gasteiger partial charge is 0.368 e. The van der Waals surface area contributed by atoms with Crippen LogP contribution in [0.25, 0.3) is 0 Å². The third-order valence-electron chi connectivity index (χ3n) is 2.10. The van der Waals surface area contributed by atoms with Gasteiger partial charge < -0.3 is 5.32 Å². The Labute approximate surface area is 93.2 Å². The van der Waals surface area contributed by atoms with Gasteiger partial charge in [0.25, 0.3) is 0 Å². The minimum atomic E-state index is 0.843. The summed E-state index contributed by atoms with van der Waals surface area (Å²) in [6, 6.07) is 6.06. The van der Waals surface area contributed by atoms with Crippen molar-refractivity contribution in [1.82, 2.24) is 10.2 Å². The Bertz CT molecular complexity index is 394. The maximum absolute atomic E-state index is 4.04. The first kappa shape index (κ1) is 10.1. The summed E-state index contributed by atoms with van der Waals surface area (Å²) in [5.41, 5.74) is 2.31. The predicted octanol–water partition coefficient (Wildman–Crippen LogP) is 2.50. The highest BCUT2D eigenvalue weighted by molar-refractivity contribution is 7.07. The van der Waals surface area contributed by atoms with Gasteiger partial charge in [0, 0.05) is 6.54 Å². The zero-order chi connectivity index (χ0) is 10.5. The van der Waals surface area contributed by atoms with Crippen LogP contribution in [0.5, 0.6) is 0 Å². The van der Waals surface area contributed by atoms with Crippen molar-refractivity contribution in [3.05, 3.63) is 40.2 Å². The fourth-order valence-electron chi connectivity index (χ4n) is 1.26. The molecular formula is C11H13N3S. The Morgan fingerprint density at radius 1 is 1.27 bits per heavy atom. The summed E-state index contributed by atoms with van der Waals surface area (Å²) in [5.74, 6) is 0.843. The molecule has 3 nitrogen and oxygen atoms in total. The normalized spacial score (nSPS) is 10.2. The van der Waals surface area contributed by atoms with Gasteiger partial charge in [0.15, 0.2) is 0 Å². The number of rotatable bonds is 4. The van der Waals surface area contributed by atoms with Gasteiger partial charge in [-0.25, -0.2) is 0 Å². The molecule has 0 spiro atoms. The second-order valence-electron chi connectivity index (χ2n) is 3.37. The highest BCUT2D eigenvalue weighted by Crippen LogP contribution is 2.07. The van der Waals surface area contributed by atoms with Crippen LogP contribution in [0.2, 0.25) is 0 Å². The highest BCUT2D eigenvalue weighted by Gasteiger charge is 1.95. The molecule has 2 aromatic heterocycles. The van der Waals surface area contributed by atoms with E-state index in [4.69, 9.17) is 0 Å². The van der Waals surface area contributed by atoms with Crippen LogP contribution < -0.4 is 5.32 Å². The van der Waals surface area contributed by atoms with Crippen molar-refractivity contribution in [2.45, 2.75) is 13.3 Å². The van der Waals surface area contributed by atoms with Crippen LogP contribution in [0.4, 0.5) is 5.82 Å². The summed E-state index contributed by atoms with van der Waals surface area (Å²) in [7, 11) is 0. The summed E-state index contributed by atoms with van der Waals surface area (Å²) in [4.78, 5) is 0. The van der Waals surface area contributed by atoms with Gasteiger partial charge in [0.2, 0.25) is 0 Å². The number of nitrogens with one attached hydrogen (secondary N) is 1. The minimum Gasteiger partial charge on any atom is -0.368 e. The standard InChI is InChI=1S/C11H13N3S/c1-9-2-3-11(14-13-9)12-6-4-10-5-7-15-8-10/h2-3,5,7-8H,4,6H2,1H3,(H,12,14). The van der Waals surface area contributed by atoms with Gasteiger partial charge in [-0.1, -0.05) is 0 Å². The lowest BCUT2D eigenvalue weighted by Gasteiger charge is -2.03. The number of aromatic nitrogens is 2. The zero-order valence-electron chi connectivity index (χ0n) is 8.60. The molecule has 0 bridgehead atoms. The van der Waals surface area contributed by atoms with E-state index in [0.717, 1.165) is 24.5 Å². The average molecular weight is 219 g/mol. The number of hydrogen-bond acceptors (Lipinski definition) is 4. The zero-order valence-corrected chi connectivity index (χ0v) is 9.42. The molecule has 4 heteroatoms. The van der Waals surface area contributed by atoms with Crippen molar-refractivity contribution < 1.29 is 0 Å². The van der Waals surface area contributed by atoms with Gasteiger partial charge in [-0.05, 0) is 47.9 Å². The van der Waals surface area contributed by atoms with Crippen molar-refractivity contribution in [3.8, 4) is 0 Å². The van der Waals surface area contributed by atoms with Crippen molar-refractivity contribution in [3.63, 3.8) is 0 Å². The summed E-state index contributed by atoms with van der Waals surface area (Å²) in [5, 5.41) is 15.5. The quantitative estimate of drug-likeness (QED) is 0.858. The Balaban J connectivity index is 1.81. The third kappa shape index (κ3) is 3.02. The molecule has 0 saturated carbocycles. The van der Waals surface area contributed by atoms with E-state index in [9.17, 15) is 0 Å². The Kier molecular flexibility index (Phi) is 3.29. The molecule has 0 radical (unpaired) electrons. The number of anilines is 1. The van der Waals surface area contributed by atoms with Crippen LogP contribution in [0.15, 0.2) is 29.0 Å². The Hall–Kier alpha value is -1.42. The van der Waals surface area contributed by atoms with E-state index in [1.807, 2.05) is 19.1 Å². The van der Waals surface area contributed by atoms with E-state index >= 15 is 0 Å². The van der Waals surface area contributed by atoms with E-state index in [1.165, 1.54) is 5.56 Å². The smallest absolute Gasteiger partial charge is 0.148 e. The number of nitrogens with zero attached hydrogens (tertiary/aromatic N) is 2. The molecule has 1 N–H and O–H groups in total.